The molecule has 0 aliphatic heterocycles. The van der Waals surface area contributed by atoms with Crippen LogP contribution in [0.1, 0.15) is 25.7 Å². The molecule has 1 heterocycles. The van der Waals surface area contributed by atoms with Crippen LogP contribution in [0.2, 0.25) is 0 Å². The zero-order valence-corrected chi connectivity index (χ0v) is 11.6. The van der Waals surface area contributed by atoms with Crippen LogP contribution in [0.15, 0.2) is 30.5 Å². The van der Waals surface area contributed by atoms with Crippen molar-refractivity contribution in [2.45, 2.75) is 31.1 Å². The fraction of sp³-hybridized carbons (Fsp3) is 0.467. The predicted octanol–water partition coefficient (Wildman–Crippen LogP) is 3.84. The molecule has 0 bridgehead atoms. The van der Waals surface area contributed by atoms with Gasteiger partial charge in [0.2, 0.25) is 5.95 Å². The number of anilines is 1. The summed E-state index contributed by atoms with van der Waals surface area (Å²) in [5, 5.41) is 4.69. The lowest BCUT2D eigenvalue weighted by Crippen LogP contribution is -2.27. The maximum absolute atomic E-state index is 6.36. The molecule has 1 aliphatic carbocycles. The van der Waals surface area contributed by atoms with Crippen molar-refractivity contribution in [3.8, 4) is 0 Å². The number of hydrogen-bond donors (Lipinski definition) is 1. The molecule has 1 aromatic heterocycles. The molecule has 1 N–H and O–H groups in total. The topological polar surface area (TPSA) is 37.8 Å². The van der Waals surface area contributed by atoms with Crippen molar-refractivity contribution >= 4 is 28.5 Å². The normalized spacial score (nSPS) is 23.4. The lowest BCUT2D eigenvalue weighted by Gasteiger charge is -2.27. The molecule has 2 unspecified atom stereocenters. The van der Waals surface area contributed by atoms with Gasteiger partial charge in [-0.2, -0.15) is 0 Å². The largest absolute Gasteiger partial charge is 0.354 e. The number of alkyl halides is 1. The molecular formula is C15H18ClN3. The first-order valence-electron chi connectivity index (χ1n) is 6.92. The van der Waals surface area contributed by atoms with Crippen LogP contribution >= 0.6 is 11.6 Å². The van der Waals surface area contributed by atoms with E-state index < -0.39 is 0 Å². The monoisotopic (exact) mass is 275 g/mol. The highest BCUT2D eigenvalue weighted by Crippen LogP contribution is 2.28. The van der Waals surface area contributed by atoms with Crippen molar-refractivity contribution in [1.82, 2.24) is 9.97 Å². The van der Waals surface area contributed by atoms with Gasteiger partial charge >= 0.3 is 0 Å². The highest BCUT2D eigenvalue weighted by molar-refractivity contribution is 6.20. The lowest BCUT2D eigenvalue weighted by atomic mass is 9.89. The van der Waals surface area contributed by atoms with Crippen LogP contribution in [-0.4, -0.2) is 21.9 Å². The van der Waals surface area contributed by atoms with E-state index in [1.165, 1.54) is 19.3 Å². The third-order valence-electron chi connectivity index (χ3n) is 3.83. The van der Waals surface area contributed by atoms with Crippen molar-refractivity contribution in [3.63, 3.8) is 0 Å². The van der Waals surface area contributed by atoms with Gasteiger partial charge in [-0.1, -0.05) is 31.0 Å². The molecule has 1 fully saturated rings. The molecule has 0 amide bonds. The van der Waals surface area contributed by atoms with Crippen LogP contribution in [0.3, 0.4) is 0 Å². The Morgan fingerprint density at radius 3 is 2.95 bits per heavy atom. The van der Waals surface area contributed by atoms with E-state index in [-0.39, 0.29) is 0 Å². The van der Waals surface area contributed by atoms with Crippen LogP contribution in [-0.2, 0) is 0 Å². The molecule has 1 saturated carbocycles. The second kappa shape index (κ2) is 5.74. The molecule has 1 aliphatic rings. The SMILES string of the molecule is ClC1CCCCC1CNc1ncc2ccccc2n1. The Kier molecular flexibility index (Phi) is 3.83. The summed E-state index contributed by atoms with van der Waals surface area (Å²) in [6.45, 7) is 0.868. The Morgan fingerprint density at radius 1 is 1.21 bits per heavy atom. The summed E-state index contributed by atoms with van der Waals surface area (Å²) in [5.74, 6) is 1.23. The number of hydrogen-bond acceptors (Lipinski definition) is 3. The average molecular weight is 276 g/mol. The van der Waals surface area contributed by atoms with E-state index in [4.69, 9.17) is 11.6 Å². The lowest BCUT2D eigenvalue weighted by molar-refractivity contribution is 0.380. The summed E-state index contributed by atoms with van der Waals surface area (Å²) in [5.41, 5.74) is 0.978. The number of rotatable bonds is 3. The molecule has 4 heteroatoms. The van der Waals surface area contributed by atoms with Crippen LogP contribution in [0.4, 0.5) is 5.95 Å². The van der Waals surface area contributed by atoms with Gasteiger partial charge in [-0.05, 0) is 24.8 Å². The molecule has 0 radical (unpaired) electrons. The number of fused-ring (bicyclic) bond motifs is 1. The van der Waals surface area contributed by atoms with Gasteiger partial charge in [0.15, 0.2) is 0 Å². The number of aromatic nitrogens is 2. The number of nitrogens with zero attached hydrogens (tertiary/aromatic N) is 2. The third-order valence-corrected chi connectivity index (χ3v) is 4.40. The van der Waals surface area contributed by atoms with E-state index >= 15 is 0 Å². The maximum atomic E-state index is 6.36. The molecule has 3 rings (SSSR count). The van der Waals surface area contributed by atoms with Gasteiger partial charge in [0.25, 0.3) is 0 Å². The minimum atomic E-state index is 0.293. The van der Waals surface area contributed by atoms with E-state index in [0.29, 0.717) is 17.2 Å². The van der Waals surface area contributed by atoms with Crippen molar-refractivity contribution in [2.24, 2.45) is 5.92 Å². The third kappa shape index (κ3) is 2.98. The Bertz CT molecular complexity index is 558. The molecule has 0 spiro atoms. The number of nitrogens with one attached hydrogen (secondary N) is 1. The summed E-state index contributed by atoms with van der Waals surface area (Å²) >= 11 is 6.36. The molecule has 0 saturated heterocycles. The first-order chi connectivity index (χ1) is 9.33. The summed E-state index contributed by atoms with van der Waals surface area (Å²) in [7, 11) is 0. The molecule has 19 heavy (non-hydrogen) atoms. The first kappa shape index (κ1) is 12.7. The van der Waals surface area contributed by atoms with E-state index in [2.05, 4.69) is 15.3 Å². The maximum Gasteiger partial charge on any atom is 0.223 e. The molecular weight excluding hydrogens is 258 g/mol. The fourth-order valence-electron chi connectivity index (χ4n) is 2.67. The minimum Gasteiger partial charge on any atom is -0.354 e. The van der Waals surface area contributed by atoms with Crippen molar-refractivity contribution in [2.75, 3.05) is 11.9 Å². The summed E-state index contributed by atoms with van der Waals surface area (Å²) in [4.78, 5) is 8.87. The summed E-state index contributed by atoms with van der Waals surface area (Å²) in [6, 6.07) is 8.02. The van der Waals surface area contributed by atoms with Crippen molar-refractivity contribution < 1.29 is 0 Å². The minimum absolute atomic E-state index is 0.293. The number of halogens is 1. The van der Waals surface area contributed by atoms with Gasteiger partial charge < -0.3 is 5.32 Å². The zero-order chi connectivity index (χ0) is 13.1. The van der Waals surface area contributed by atoms with Crippen LogP contribution in [0, 0.1) is 5.92 Å². The average Bonchev–Trinajstić information content (AvgIpc) is 2.46. The van der Waals surface area contributed by atoms with Crippen LogP contribution in [0.25, 0.3) is 10.9 Å². The van der Waals surface area contributed by atoms with Crippen molar-refractivity contribution in [3.05, 3.63) is 30.5 Å². The van der Waals surface area contributed by atoms with E-state index in [1.54, 1.807) is 0 Å². The standard InChI is InChI=1S/C15H18ClN3/c16-13-7-3-1-5-11(13)9-17-15-18-10-12-6-2-4-8-14(12)19-15/h2,4,6,8,10-11,13H,1,3,5,7,9H2,(H,17,18,19). The summed E-state index contributed by atoms with van der Waals surface area (Å²) < 4.78 is 0. The Labute approximate surface area is 118 Å². The molecule has 2 atom stereocenters. The Hall–Kier alpha value is -1.35. The van der Waals surface area contributed by atoms with Gasteiger partial charge in [-0.25, -0.2) is 9.97 Å². The first-order valence-corrected chi connectivity index (χ1v) is 7.36. The van der Waals surface area contributed by atoms with Gasteiger partial charge in [0, 0.05) is 23.5 Å². The van der Waals surface area contributed by atoms with Crippen LogP contribution < -0.4 is 5.32 Å². The molecule has 100 valence electrons. The van der Waals surface area contributed by atoms with E-state index in [1.807, 2.05) is 30.5 Å². The number of benzene rings is 1. The molecule has 2 aromatic rings. The smallest absolute Gasteiger partial charge is 0.223 e. The quantitative estimate of drug-likeness (QED) is 0.865. The number of para-hydroxylation sites is 1. The molecule has 1 aromatic carbocycles. The highest BCUT2D eigenvalue weighted by Gasteiger charge is 2.22. The summed E-state index contributed by atoms with van der Waals surface area (Å²) in [6.07, 6.45) is 6.75. The highest BCUT2D eigenvalue weighted by atomic mass is 35.5. The van der Waals surface area contributed by atoms with Crippen molar-refractivity contribution in [1.29, 1.82) is 0 Å². The Balaban J connectivity index is 1.67. The zero-order valence-electron chi connectivity index (χ0n) is 10.8. The fourth-order valence-corrected chi connectivity index (χ4v) is 3.04. The van der Waals surface area contributed by atoms with Gasteiger partial charge in [0.05, 0.1) is 5.52 Å². The second-order valence-electron chi connectivity index (χ2n) is 5.19. The van der Waals surface area contributed by atoms with Gasteiger partial charge in [0.1, 0.15) is 0 Å². The van der Waals surface area contributed by atoms with Gasteiger partial charge in [-0.3, -0.25) is 0 Å². The Morgan fingerprint density at radius 2 is 2.05 bits per heavy atom. The predicted molar refractivity (Wildman–Crippen MR) is 79.6 cm³/mol. The van der Waals surface area contributed by atoms with Gasteiger partial charge in [-0.15, -0.1) is 11.6 Å². The second-order valence-corrected chi connectivity index (χ2v) is 5.75. The van der Waals surface area contributed by atoms with Crippen LogP contribution in [0.5, 0.6) is 0 Å². The molecule has 3 nitrogen and oxygen atoms in total. The van der Waals surface area contributed by atoms with E-state index in [0.717, 1.165) is 23.9 Å². The van der Waals surface area contributed by atoms with E-state index in [9.17, 15) is 0 Å².